The van der Waals surface area contributed by atoms with Crippen LogP contribution in [0.15, 0.2) is 30.5 Å². The Balaban J connectivity index is 2.01. The van der Waals surface area contributed by atoms with Gasteiger partial charge in [0.05, 0.1) is 5.69 Å². The molecule has 5 heteroatoms. The van der Waals surface area contributed by atoms with Crippen LogP contribution in [-0.2, 0) is 5.41 Å². The predicted octanol–water partition coefficient (Wildman–Crippen LogP) is 2.41. The van der Waals surface area contributed by atoms with Crippen LogP contribution in [0.3, 0.4) is 0 Å². The molecule has 0 spiro atoms. The molecule has 1 fully saturated rings. The van der Waals surface area contributed by atoms with Crippen molar-refractivity contribution >= 4 is 0 Å². The number of rotatable bonds is 3. The Hall–Kier alpha value is -1.88. The van der Waals surface area contributed by atoms with Gasteiger partial charge in [-0.1, -0.05) is 0 Å². The Morgan fingerprint density at radius 2 is 1.95 bits per heavy atom. The minimum absolute atomic E-state index is 0.116. The molecule has 3 rings (SSSR count). The zero-order valence-corrected chi connectivity index (χ0v) is 10.2. The van der Waals surface area contributed by atoms with Gasteiger partial charge in [-0.3, -0.25) is 0 Å². The first kappa shape index (κ1) is 12.2. The van der Waals surface area contributed by atoms with Crippen molar-refractivity contribution in [1.29, 1.82) is 0 Å². The maximum Gasteiger partial charge on any atom is 0.159 e. The van der Waals surface area contributed by atoms with E-state index in [1.807, 2.05) is 0 Å². The molecule has 0 unspecified atom stereocenters. The molecule has 2 aromatic rings. The Kier molecular flexibility index (Phi) is 2.78. The van der Waals surface area contributed by atoms with E-state index in [1.54, 1.807) is 12.3 Å². The highest BCUT2D eigenvalue weighted by molar-refractivity contribution is 5.58. The zero-order chi connectivity index (χ0) is 13.5. The Morgan fingerprint density at radius 3 is 2.58 bits per heavy atom. The minimum atomic E-state index is -0.877. The van der Waals surface area contributed by atoms with Crippen molar-refractivity contribution < 1.29 is 8.78 Å². The Labute approximate surface area is 109 Å². The van der Waals surface area contributed by atoms with Gasteiger partial charge in [0.25, 0.3) is 0 Å². The summed E-state index contributed by atoms with van der Waals surface area (Å²) >= 11 is 0. The lowest BCUT2D eigenvalue weighted by Gasteiger charge is -2.11. The molecule has 0 amide bonds. The van der Waals surface area contributed by atoms with Crippen LogP contribution in [0.2, 0.25) is 0 Å². The quantitative estimate of drug-likeness (QED) is 0.923. The smallest absolute Gasteiger partial charge is 0.159 e. The first-order chi connectivity index (χ1) is 9.14. The normalized spacial score (nSPS) is 16.4. The third-order valence-corrected chi connectivity index (χ3v) is 3.59. The first-order valence-electron chi connectivity index (χ1n) is 6.14. The molecular weight excluding hydrogens is 248 g/mol. The van der Waals surface area contributed by atoms with Crippen molar-refractivity contribution in [2.45, 2.75) is 18.3 Å². The molecule has 1 aromatic heterocycles. The fourth-order valence-corrected chi connectivity index (χ4v) is 2.10. The summed E-state index contributed by atoms with van der Waals surface area (Å²) in [6, 6.07) is 5.43. The molecule has 1 aromatic carbocycles. The lowest BCUT2D eigenvalue weighted by molar-refractivity contribution is 0.509. The van der Waals surface area contributed by atoms with Crippen LogP contribution in [0.4, 0.5) is 8.78 Å². The summed E-state index contributed by atoms with van der Waals surface area (Å²) in [5.74, 6) is -1.05. The summed E-state index contributed by atoms with van der Waals surface area (Å²) in [6.45, 7) is 0.508. The van der Waals surface area contributed by atoms with Crippen LogP contribution in [0.5, 0.6) is 0 Å². The third kappa shape index (κ3) is 2.10. The molecule has 0 saturated heterocycles. The highest BCUT2D eigenvalue weighted by atomic mass is 19.2. The summed E-state index contributed by atoms with van der Waals surface area (Å²) in [5.41, 5.74) is 6.75. The minimum Gasteiger partial charge on any atom is -0.329 e. The summed E-state index contributed by atoms with van der Waals surface area (Å²) < 4.78 is 26.2. The third-order valence-electron chi connectivity index (χ3n) is 3.59. The zero-order valence-electron chi connectivity index (χ0n) is 10.2. The molecule has 19 heavy (non-hydrogen) atoms. The van der Waals surface area contributed by atoms with Gasteiger partial charge in [0, 0.05) is 23.7 Å². The highest BCUT2D eigenvalue weighted by Gasteiger charge is 2.45. The van der Waals surface area contributed by atoms with Gasteiger partial charge < -0.3 is 5.73 Å². The van der Waals surface area contributed by atoms with Crippen LogP contribution < -0.4 is 5.73 Å². The molecule has 0 bridgehead atoms. The van der Waals surface area contributed by atoms with Gasteiger partial charge in [-0.2, -0.15) is 0 Å². The number of aromatic nitrogens is 2. The number of nitrogens with two attached hydrogens (primary N) is 1. The van der Waals surface area contributed by atoms with Gasteiger partial charge in [-0.05, 0) is 37.1 Å². The van der Waals surface area contributed by atoms with Crippen LogP contribution in [0.25, 0.3) is 11.3 Å². The SMILES string of the molecule is NCC1(c2nccc(-c3ccc(F)c(F)c3)n2)CC1. The van der Waals surface area contributed by atoms with E-state index < -0.39 is 11.6 Å². The molecule has 1 heterocycles. The van der Waals surface area contributed by atoms with E-state index >= 15 is 0 Å². The average molecular weight is 261 g/mol. The molecule has 2 N–H and O–H groups in total. The van der Waals surface area contributed by atoms with Gasteiger partial charge in [-0.15, -0.1) is 0 Å². The number of benzene rings is 1. The fraction of sp³-hybridized carbons (Fsp3) is 0.286. The maximum absolute atomic E-state index is 13.2. The van der Waals surface area contributed by atoms with Crippen molar-refractivity contribution in [2.24, 2.45) is 5.73 Å². The molecule has 0 radical (unpaired) electrons. The van der Waals surface area contributed by atoms with Crippen molar-refractivity contribution in [3.05, 3.63) is 47.9 Å². The second-order valence-electron chi connectivity index (χ2n) is 4.88. The van der Waals surface area contributed by atoms with E-state index in [0.29, 0.717) is 23.6 Å². The topological polar surface area (TPSA) is 51.8 Å². The van der Waals surface area contributed by atoms with Gasteiger partial charge >= 0.3 is 0 Å². The Bertz CT molecular complexity index is 624. The first-order valence-corrected chi connectivity index (χ1v) is 6.14. The average Bonchev–Trinajstić information content (AvgIpc) is 3.23. The standard InChI is InChI=1S/C14H13F2N3/c15-10-2-1-9(7-11(10)16)12-3-6-18-13(19-12)14(8-17)4-5-14/h1-3,6-7H,4-5,8,17H2. The maximum atomic E-state index is 13.2. The van der Waals surface area contributed by atoms with E-state index in [2.05, 4.69) is 9.97 Å². The molecule has 3 nitrogen and oxygen atoms in total. The van der Waals surface area contributed by atoms with E-state index in [9.17, 15) is 8.78 Å². The molecule has 98 valence electrons. The molecule has 0 atom stereocenters. The summed E-state index contributed by atoms with van der Waals surface area (Å²) in [6.07, 6.45) is 3.59. The summed E-state index contributed by atoms with van der Waals surface area (Å²) in [4.78, 5) is 8.69. The number of hydrogen-bond acceptors (Lipinski definition) is 3. The van der Waals surface area contributed by atoms with Crippen molar-refractivity contribution in [3.63, 3.8) is 0 Å². The molecule has 0 aliphatic heterocycles. The van der Waals surface area contributed by atoms with Crippen LogP contribution in [-0.4, -0.2) is 16.5 Å². The number of halogens is 2. The van der Waals surface area contributed by atoms with Crippen LogP contribution in [0, 0.1) is 11.6 Å². The van der Waals surface area contributed by atoms with Crippen molar-refractivity contribution in [2.75, 3.05) is 6.54 Å². The van der Waals surface area contributed by atoms with E-state index in [1.165, 1.54) is 6.07 Å². The second kappa shape index (κ2) is 4.35. The lowest BCUT2D eigenvalue weighted by Crippen LogP contribution is -2.22. The van der Waals surface area contributed by atoms with Gasteiger partial charge in [0.2, 0.25) is 0 Å². The monoisotopic (exact) mass is 261 g/mol. The summed E-state index contributed by atoms with van der Waals surface area (Å²) in [7, 11) is 0. The van der Waals surface area contributed by atoms with Gasteiger partial charge in [0.1, 0.15) is 5.82 Å². The summed E-state index contributed by atoms with van der Waals surface area (Å²) in [5, 5.41) is 0. The molecule has 1 aliphatic rings. The van der Waals surface area contributed by atoms with E-state index in [0.717, 1.165) is 25.0 Å². The highest BCUT2D eigenvalue weighted by Crippen LogP contribution is 2.45. The lowest BCUT2D eigenvalue weighted by atomic mass is 10.1. The van der Waals surface area contributed by atoms with E-state index in [4.69, 9.17) is 5.73 Å². The second-order valence-corrected chi connectivity index (χ2v) is 4.88. The van der Waals surface area contributed by atoms with Crippen molar-refractivity contribution in [1.82, 2.24) is 9.97 Å². The van der Waals surface area contributed by atoms with E-state index in [-0.39, 0.29) is 5.41 Å². The van der Waals surface area contributed by atoms with Gasteiger partial charge in [0.15, 0.2) is 11.6 Å². The number of hydrogen-bond donors (Lipinski definition) is 1. The molecule has 1 saturated carbocycles. The van der Waals surface area contributed by atoms with Crippen LogP contribution >= 0.6 is 0 Å². The van der Waals surface area contributed by atoms with Crippen LogP contribution in [0.1, 0.15) is 18.7 Å². The predicted molar refractivity (Wildman–Crippen MR) is 67.4 cm³/mol. The van der Waals surface area contributed by atoms with Crippen molar-refractivity contribution in [3.8, 4) is 11.3 Å². The molecule has 1 aliphatic carbocycles. The Morgan fingerprint density at radius 1 is 1.16 bits per heavy atom. The number of nitrogens with zero attached hydrogens (tertiary/aromatic N) is 2. The largest absolute Gasteiger partial charge is 0.329 e. The fourth-order valence-electron chi connectivity index (χ4n) is 2.10. The molecular formula is C14H13F2N3. The van der Waals surface area contributed by atoms with Gasteiger partial charge in [-0.25, -0.2) is 18.7 Å².